The maximum atomic E-state index is 13.5. The lowest BCUT2D eigenvalue weighted by atomic mass is 9.75. The molecule has 1 heterocycles. The third-order valence-electron chi connectivity index (χ3n) is 7.15. The van der Waals surface area contributed by atoms with Crippen LogP contribution in [0.2, 0.25) is 0 Å². The molecule has 4 rings (SSSR count). The topological polar surface area (TPSA) is 49.9 Å². The number of benzene rings is 3. The summed E-state index contributed by atoms with van der Waals surface area (Å²) in [6, 6.07) is 19.9. The van der Waals surface area contributed by atoms with E-state index in [-0.39, 0.29) is 32.0 Å². The third-order valence-corrected chi connectivity index (χ3v) is 7.15. The fraction of sp³-hybridized carbons (Fsp3) is 0.333. The number of carbonyl (C=O) groups excluding carboxylic acids is 2. The molecule has 0 spiro atoms. The van der Waals surface area contributed by atoms with Crippen molar-refractivity contribution in [3.8, 4) is 5.75 Å². The number of ether oxygens (including phenoxy) is 1. The van der Waals surface area contributed by atoms with Gasteiger partial charge in [-0.3, -0.25) is 9.59 Å². The van der Waals surface area contributed by atoms with Crippen molar-refractivity contribution < 1.29 is 31.9 Å². The summed E-state index contributed by atoms with van der Waals surface area (Å²) in [7, 11) is 1.72. The minimum Gasteiger partial charge on any atom is -0.493 e. The molecule has 0 unspecified atom stereocenters. The molecule has 0 N–H and O–H groups in total. The normalized spacial score (nSPS) is 15.1. The van der Waals surface area contributed by atoms with E-state index in [1.807, 2.05) is 30.3 Å². The number of rotatable bonds is 8. The lowest BCUT2D eigenvalue weighted by Crippen LogP contribution is -2.47. The van der Waals surface area contributed by atoms with E-state index >= 15 is 0 Å². The van der Waals surface area contributed by atoms with Gasteiger partial charge in [0.15, 0.2) is 0 Å². The molecule has 9 heteroatoms. The van der Waals surface area contributed by atoms with Gasteiger partial charge in [0, 0.05) is 38.5 Å². The van der Waals surface area contributed by atoms with Gasteiger partial charge in [0.1, 0.15) is 11.6 Å². The zero-order valence-corrected chi connectivity index (χ0v) is 21.6. The maximum Gasteiger partial charge on any atom is 0.417 e. The first-order valence-electron chi connectivity index (χ1n) is 12.7. The van der Waals surface area contributed by atoms with Crippen molar-refractivity contribution >= 4 is 11.8 Å². The van der Waals surface area contributed by atoms with Gasteiger partial charge in [-0.25, -0.2) is 4.39 Å². The van der Waals surface area contributed by atoms with Crippen LogP contribution in [0.1, 0.15) is 40.7 Å². The van der Waals surface area contributed by atoms with Crippen LogP contribution in [0.4, 0.5) is 17.6 Å². The Hall–Kier alpha value is -3.88. The molecule has 0 bridgehead atoms. The average Bonchev–Trinajstić information content (AvgIpc) is 2.93. The molecule has 0 aliphatic carbocycles. The standard InChI is InChI=1S/C30H30F4N2O3/c1-35(20-22-7-3-2-4-8-22)27(37)19-29(21-39-24-13-11-23(31)12-14-24)15-17-36(18-16-29)28(38)25-9-5-6-10-26(25)30(32,33)34/h2-14H,15-21H2,1H3. The van der Waals surface area contributed by atoms with E-state index in [0.717, 1.165) is 11.6 Å². The van der Waals surface area contributed by atoms with E-state index in [2.05, 4.69) is 0 Å². The highest BCUT2D eigenvalue weighted by molar-refractivity contribution is 5.96. The highest BCUT2D eigenvalue weighted by Gasteiger charge is 2.41. The van der Waals surface area contributed by atoms with Gasteiger partial charge in [0.25, 0.3) is 5.91 Å². The van der Waals surface area contributed by atoms with Crippen molar-refractivity contribution in [2.75, 3.05) is 26.7 Å². The Balaban J connectivity index is 1.49. The second kappa shape index (κ2) is 11.9. The SMILES string of the molecule is CN(Cc1ccccc1)C(=O)CC1(COc2ccc(F)cc2)CCN(C(=O)c2ccccc2C(F)(F)F)CC1. The van der Waals surface area contributed by atoms with Crippen molar-refractivity contribution in [3.63, 3.8) is 0 Å². The molecule has 0 aromatic heterocycles. The van der Waals surface area contributed by atoms with Gasteiger partial charge >= 0.3 is 6.18 Å². The maximum absolute atomic E-state index is 13.5. The Kier molecular flexibility index (Phi) is 8.57. The fourth-order valence-electron chi connectivity index (χ4n) is 4.81. The zero-order chi connectivity index (χ0) is 28.0. The number of nitrogens with zero attached hydrogens (tertiary/aromatic N) is 2. The minimum absolute atomic E-state index is 0.108. The van der Waals surface area contributed by atoms with E-state index in [0.29, 0.717) is 25.1 Å². The number of hydrogen-bond acceptors (Lipinski definition) is 3. The smallest absolute Gasteiger partial charge is 0.417 e. The predicted octanol–water partition coefficient (Wildman–Crippen LogP) is 6.19. The molecule has 0 saturated carbocycles. The fourth-order valence-corrected chi connectivity index (χ4v) is 4.81. The highest BCUT2D eigenvalue weighted by atomic mass is 19.4. The third kappa shape index (κ3) is 7.16. The minimum atomic E-state index is -4.65. The van der Waals surface area contributed by atoms with Gasteiger partial charge in [-0.1, -0.05) is 42.5 Å². The first-order chi connectivity index (χ1) is 18.6. The summed E-state index contributed by atoms with van der Waals surface area (Å²) >= 11 is 0. The molecule has 206 valence electrons. The molecular weight excluding hydrogens is 512 g/mol. The Morgan fingerprint density at radius 3 is 2.18 bits per heavy atom. The van der Waals surface area contributed by atoms with Crippen molar-refractivity contribution in [2.24, 2.45) is 5.41 Å². The molecule has 5 nitrogen and oxygen atoms in total. The Morgan fingerprint density at radius 2 is 1.54 bits per heavy atom. The first kappa shape index (κ1) is 28.1. The Bertz CT molecular complexity index is 1270. The summed E-state index contributed by atoms with van der Waals surface area (Å²) in [5.74, 6) is -0.758. The quantitative estimate of drug-likeness (QED) is 0.319. The second-order valence-electron chi connectivity index (χ2n) is 9.99. The summed E-state index contributed by atoms with van der Waals surface area (Å²) in [5.41, 5.74) is -1.03. The summed E-state index contributed by atoms with van der Waals surface area (Å²) in [6.45, 7) is 0.916. The van der Waals surface area contributed by atoms with Gasteiger partial charge in [-0.05, 0) is 54.8 Å². The van der Waals surface area contributed by atoms with E-state index < -0.39 is 34.4 Å². The molecule has 3 aromatic carbocycles. The number of hydrogen-bond donors (Lipinski definition) is 0. The van der Waals surface area contributed by atoms with Crippen molar-refractivity contribution in [1.82, 2.24) is 9.80 Å². The summed E-state index contributed by atoms with van der Waals surface area (Å²) in [6.07, 6.45) is -3.79. The van der Waals surface area contributed by atoms with Crippen LogP contribution in [0.25, 0.3) is 0 Å². The summed E-state index contributed by atoms with van der Waals surface area (Å²) < 4.78 is 59.8. The number of amides is 2. The molecule has 2 amide bonds. The number of alkyl halides is 3. The van der Waals surface area contributed by atoms with Crippen LogP contribution < -0.4 is 4.74 Å². The molecule has 0 atom stereocenters. The Morgan fingerprint density at radius 1 is 0.923 bits per heavy atom. The molecule has 0 radical (unpaired) electrons. The lowest BCUT2D eigenvalue weighted by Gasteiger charge is -2.42. The number of halogens is 4. The highest BCUT2D eigenvalue weighted by Crippen LogP contribution is 2.38. The number of carbonyl (C=O) groups is 2. The molecule has 3 aromatic rings. The van der Waals surface area contributed by atoms with Crippen LogP contribution in [-0.4, -0.2) is 48.4 Å². The molecule has 1 fully saturated rings. The van der Waals surface area contributed by atoms with Gasteiger partial charge in [0.2, 0.25) is 5.91 Å². The number of piperidine rings is 1. The van der Waals surface area contributed by atoms with Crippen LogP contribution in [-0.2, 0) is 17.5 Å². The monoisotopic (exact) mass is 542 g/mol. The van der Waals surface area contributed by atoms with Gasteiger partial charge in [-0.2, -0.15) is 13.2 Å². The van der Waals surface area contributed by atoms with Gasteiger partial charge < -0.3 is 14.5 Å². The van der Waals surface area contributed by atoms with Crippen LogP contribution >= 0.6 is 0 Å². The van der Waals surface area contributed by atoms with Crippen molar-refractivity contribution in [1.29, 1.82) is 0 Å². The van der Waals surface area contributed by atoms with Crippen molar-refractivity contribution in [2.45, 2.75) is 32.0 Å². The predicted molar refractivity (Wildman–Crippen MR) is 138 cm³/mol. The molecule has 1 aliphatic rings. The largest absolute Gasteiger partial charge is 0.493 e. The van der Waals surface area contributed by atoms with E-state index in [9.17, 15) is 27.2 Å². The number of likely N-dealkylation sites (tertiary alicyclic amines) is 1. The Labute approximate surface area is 225 Å². The van der Waals surface area contributed by atoms with Crippen LogP contribution in [0, 0.1) is 11.2 Å². The summed E-state index contributed by atoms with van der Waals surface area (Å²) in [5, 5.41) is 0. The van der Waals surface area contributed by atoms with E-state index in [4.69, 9.17) is 4.74 Å². The molecule has 39 heavy (non-hydrogen) atoms. The zero-order valence-electron chi connectivity index (χ0n) is 21.6. The molecule has 1 aliphatic heterocycles. The van der Waals surface area contributed by atoms with Crippen LogP contribution in [0.15, 0.2) is 78.9 Å². The molecular formula is C30H30F4N2O3. The first-order valence-corrected chi connectivity index (χ1v) is 12.7. The van der Waals surface area contributed by atoms with E-state index in [1.54, 1.807) is 11.9 Å². The second-order valence-corrected chi connectivity index (χ2v) is 9.99. The molecule has 1 saturated heterocycles. The summed E-state index contributed by atoms with van der Waals surface area (Å²) in [4.78, 5) is 29.4. The van der Waals surface area contributed by atoms with Crippen LogP contribution in [0.5, 0.6) is 5.75 Å². The van der Waals surface area contributed by atoms with Gasteiger partial charge in [-0.15, -0.1) is 0 Å². The average molecular weight is 543 g/mol. The van der Waals surface area contributed by atoms with Gasteiger partial charge in [0.05, 0.1) is 17.7 Å². The lowest BCUT2D eigenvalue weighted by molar-refractivity contribution is -0.138. The van der Waals surface area contributed by atoms with Crippen molar-refractivity contribution in [3.05, 3.63) is 101 Å². The van der Waals surface area contributed by atoms with E-state index in [1.165, 1.54) is 47.4 Å². The van der Waals surface area contributed by atoms with Crippen LogP contribution in [0.3, 0.4) is 0 Å².